The fraction of sp³-hybridized carbons (Fsp3) is 0.241. The molecule has 3 rings (SSSR count). The van der Waals surface area contributed by atoms with E-state index in [2.05, 4.69) is 0 Å². The molecule has 2 aromatic carbocycles. The zero-order valence-corrected chi connectivity index (χ0v) is 20.3. The molecule has 6 heteroatoms. The van der Waals surface area contributed by atoms with Crippen molar-refractivity contribution in [3.63, 3.8) is 0 Å². The molecule has 0 radical (unpaired) electrons. The Bertz CT molecular complexity index is 995. The molecule has 0 spiro atoms. The maximum Gasteiger partial charge on any atom is 0.246 e. The fourth-order valence-corrected chi connectivity index (χ4v) is 3.61. The summed E-state index contributed by atoms with van der Waals surface area (Å²) in [7, 11) is 3.27. The first-order chi connectivity index (χ1) is 17.1. The highest BCUT2D eigenvalue weighted by molar-refractivity contribution is 5.89. The van der Waals surface area contributed by atoms with E-state index in [0.29, 0.717) is 26.2 Å². The summed E-state index contributed by atoms with van der Waals surface area (Å²) >= 11 is 0. The molecule has 0 bridgehead atoms. The molecule has 0 unspecified atom stereocenters. The molecule has 1 heterocycles. The molecule has 0 atom stereocenters. The van der Waals surface area contributed by atoms with Gasteiger partial charge in [-0.15, -0.1) is 0 Å². The molecule has 0 saturated carbocycles. The highest BCUT2D eigenvalue weighted by atomic mass is 16.5. The lowest BCUT2D eigenvalue weighted by Gasteiger charge is -2.20. The molecule has 2 aromatic rings. The third-order valence-corrected chi connectivity index (χ3v) is 5.63. The van der Waals surface area contributed by atoms with Gasteiger partial charge >= 0.3 is 0 Å². The van der Waals surface area contributed by atoms with E-state index in [1.807, 2.05) is 72.8 Å². The van der Waals surface area contributed by atoms with E-state index in [-0.39, 0.29) is 11.8 Å². The smallest absolute Gasteiger partial charge is 0.246 e. The Kier molecular flexibility index (Phi) is 9.93. The summed E-state index contributed by atoms with van der Waals surface area (Å²) in [5, 5.41) is 0. The van der Waals surface area contributed by atoms with Gasteiger partial charge in [0, 0.05) is 38.3 Å². The normalized spacial score (nSPS) is 14.8. The van der Waals surface area contributed by atoms with Crippen molar-refractivity contribution in [3.8, 4) is 11.5 Å². The van der Waals surface area contributed by atoms with Gasteiger partial charge in [-0.1, -0.05) is 60.7 Å². The standard InChI is InChI=1S/C29H32N2O4/c1-34-26-16-12-24(13-17-26)8-3-5-10-28(32)30-20-7-21-31(23-22-30)29(33)11-6-4-9-25-14-18-27(35-2)19-15-25/h3-6,8-19H,7,20-23H2,1-2H3/b8-3+,9-4+,10-5+,11-6+. The maximum absolute atomic E-state index is 12.6. The van der Waals surface area contributed by atoms with Crippen LogP contribution in [0.25, 0.3) is 12.2 Å². The van der Waals surface area contributed by atoms with Crippen molar-refractivity contribution in [3.05, 3.63) is 96.1 Å². The van der Waals surface area contributed by atoms with E-state index in [1.54, 1.807) is 48.3 Å². The van der Waals surface area contributed by atoms with Gasteiger partial charge in [0.15, 0.2) is 0 Å². The Morgan fingerprint density at radius 3 is 1.40 bits per heavy atom. The second-order valence-electron chi connectivity index (χ2n) is 7.99. The van der Waals surface area contributed by atoms with Gasteiger partial charge < -0.3 is 19.3 Å². The number of ether oxygens (including phenoxy) is 2. The summed E-state index contributed by atoms with van der Waals surface area (Å²) in [6, 6.07) is 15.4. The van der Waals surface area contributed by atoms with Crippen molar-refractivity contribution in [1.29, 1.82) is 0 Å². The van der Waals surface area contributed by atoms with Crippen LogP contribution < -0.4 is 9.47 Å². The first kappa shape index (κ1) is 25.6. The van der Waals surface area contributed by atoms with Crippen molar-refractivity contribution in [2.24, 2.45) is 0 Å². The summed E-state index contributed by atoms with van der Waals surface area (Å²) in [5.41, 5.74) is 2.05. The predicted octanol–water partition coefficient (Wildman–Crippen LogP) is 4.60. The number of allylic oxidation sites excluding steroid dienone is 4. The highest BCUT2D eigenvalue weighted by Crippen LogP contribution is 2.13. The quantitative estimate of drug-likeness (QED) is 0.416. The Labute approximate surface area is 207 Å². The molecule has 1 fully saturated rings. The number of amides is 2. The van der Waals surface area contributed by atoms with Gasteiger partial charge in [-0.25, -0.2) is 0 Å². The molecule has 1 saturated heterocycles. The zero-order chi connectivity index (χ0) is 24.9. The fourth-order valence-electron chi connectivity index (χ4n) is 3.61. The van der Waals surface area contributed by atoms with Crippen molar-refractivity contribution in [2.45, 2.75) is 6.42 Å². The summed E-state index contributed by atoms with van der Waals surface area (Å²) in [5.74, 6) is 1.53. The lowest BCUT2D eigenvalue weighted by atomic mass is 10.2. The van der Waals surface area contributed by atoms with Crippen LogP contribution in [0.3, 0.4) is 0 Å². The number of nitrogens with zero attached hydrogens (tertiary/aromatic N) is 2. The van der Waals surface area contributed by atoms with Crippen LogP contribution in [0.15, 0.2) is 85.0 Å². The van der Waals surface area contributed by atoms with Gasteiger partial charge in [0.05, 0.1) is 14.2 Å². The molecule has 1 aliphatic rings. The van der Waals surface area contributed by atoms with Gasteiger partial charge in [0.25, 0.3) is 0 Å². The number of hydrogen-bond donors (Lipinski definition) is 0. The molecular formula is C29H32N2O4. The average Bonchev–Trinajstić information content (AvgIpc) is 3.16. The predicted molar refractivity (Wildman–Crippen MR) is 140 cm³/mol. The molecule has 2 amide bonds. The molecule has 6 nitrogen and oxygen atoms in total. The summed E-state index contributed by atoms with van der Waals surface area (Å²) in [4.78, 5) is 28.7. The van der Waals surface area contributed by atoms with E-state index < -0.39 is 0 Å². The van der Waals surface area contributed by atoms with E-state index in [1.165, 1.54) is 0 Å². The SMILES string of the molecule is COc1ccc(/C=C/C=C/C(=O)N2CCCN(C(=O)/C=C/C=C/c3ccc(OC)cc3)CC2)cc1. The topological polar surface area (TPSA) is 59.1 Å². The maximum atomic E-state index is 12.6. The van der Waals surface area contributed by atoms with E-state index in [0.717, 1.165) is 29.0 Å². The molecule has 1 aliphatic heterocycles. The van der Waals surface area contributed by atoms with E-state index in [9.17, 15) is 9.59 Å². The van der Waals surface area contributed by atoms with E-state index in [4.69, 9.17) is 9.47 Å². The number of benzene rings is 2. The Balaban J connectivity index is 1.44. The number of rotatable bonds is 8. The van der Waals surface area contributed by atoms with Crippen molar-refractivity contribution < 1.29 is 19.1 Å². The lowest BCUT2D eigenvalue weighted by molar-refractivity contribution is -0.128. The second kappa shape index (κ2) is 13.6. The van der Waals surface area contributed by atoms with Crippen molar-refractivity contribution in [2.75, 3.05) is 40.4 Å². The summed E-state index contributed by atoms with van der Waals surface area (Å²) < 4.78 is 10.3. The average molecular weight is 473 g/mol. The third-order valence-electron chi connectivity index (χ3n) is 5.63. The van der Waals surface area contributed by atoms with Gasteiger partial charge in [-0.2, -0.15) is 0 Å². The largest absolute Gasteiger partial charge is 0.497 e. The molecule has 0 aliphatic carbocycles. The van der Waals surface area contributed by atoms with Gasteiger partial charge in [0.1, 0.15) is 11.5 Å². The van der Waals surface area contributed by atoms with Crippen LogP contribution in [0.2, 0.25) is 0 Å². The number of hydrogen-bond acceptors (Lipinski definition) is 4. The first-order valence-electron chi connectivity index (χ1n) is 11.6. The Morgan fingerprint density at radius 1 is 0.629 bits per heavy atom. The Morgan fingerprint density at radius 2 is 1.03 bits per heavy atom. The monoisotopic (exact) mass is 472 g/mol. The minimum absolute atomic E-state index is 0.0448. The molecular weight excluding hydrogens is 440 g/mol. The second-order valence-corrected chi connectivity index (χ2v) is 7.99. The molecule has 35 heavy (non-hydrogen) atoms. The van der Waals surface area contributed by atoms with E-state index >= 15 is 0 Å². The van der Waals surface area contributed by atoms with Crippen LogP contribution in [0.5, 0.6) is 11.5 Å². The van der Waals surface area contributed by atoms with Gasteiger partial charge in [-0.3, -0.25) is 9.59 Å². The first-order valence-corrected chi connectivity index (χ1v) is 11.6. The van der Waals surface area contributed by atoms with Gasteiger partial charge in [0.2, 0.25) is 11.8 Å². The third kappa shape index (κ3) is 8.34. The lowest BCUT2D eigenvalue weighted by Crippen LogP contribution is -2.36. The minimum atomic E-state index is -0.0448. The van der Waals surface area contributed by atoms with Crippen LogP contribution in [-0.2, 0) is 9.59 Å². The minimum Gasteiger partial charge on any atom is -0.497 e. The van der Waals surface area contributed by atoms with Crippen LogP contribution >= 0.6 is 0 Å². The van der Waals surface area contributed by atoms with Crippen LogP contribution in [0.4, 0.5) is 0 Å². The van der Waals surface area contributed by atoms with Crippen molar-refractivity contribution in [1.82, 2.24) is 9.80 Å². The summed E-state index contributed by atoms with van der Waals surface area (Å²) in [6.45, 7) is 2.31. The molecule has 0 N–H and O–H groups in total. The Hall–Kier alpha value is -4.06. The number of methoxy groups -OCH3 is 2. The van der Waals surface area contributed by atoms with Crippen molar-refractivity contribution >= 4 is 24.0 Å². The number of carbonyl (C=O) groups excluding carboxylic acids is 2. The highest BCUT2D eigenvalue weighted by Gasteiger charge is 2.19. The van der Waals surface area contributed by atoms with Crippen LogP contribution in [0, 0.1) is 0 Å². The molecule has 0 aromatic heterocycles. The number of carbonyl (C=O) groups is 2. The van der Waals surface area contributed by atoms with Gasteiger partial charge in [-0.05, 0) is 41.8 Å². The van der Waals surface area contributed by atoms with Crippen LogP contribution in [0.1, 0.15) is 17.5 Å². The van der Waals surface area contributed by atoms with Crippen LogP contribution in [-0.4, -0.2) is 62.0 Å². The summed E-state index contributed by atoms with van der Waals surface area (Å²) in [6.07, 6.45) is 14.9. The molecule has 182 valence electrons. The zero-order valence-electron chi connectivity index (χ0n) is 20.3.